The number of hydrogen-bond donors (Lipinski definition) is 2. The highest BCUT2D eigenvalue weighted by molar-refractivity contribution is 5.91. The van der Waals surface area contributed by atoms with Crippen LogP contribution in [0, 0.1) is 35.5 Å². The molecule has 15 atom stereocenters. The lowest BCUT2D eigenvalue weighted by atomic mass is 9.79. The Kier molecular flexibility index (Phi) is 13.7. The van der Waals surface area contributed by atoms with E-state index in [1.54, 1.807) is 6.08 Å². The van der Waals surface area contributed by atoms with E-state index in [0.717, 1.165) is 26.1 Å². The molecule has 0 spiro atoms. The first-order chi connectivity index (χ1) is 22.5. The van der Waals surface area contributed by atoms with Crippen molar-refractivity contribution >= 4 is 11.8 Å². The summed E-state index contributed by atoms with van der Waals surface area (Å²) in [7, 11) is 3.88. The second-order valence-electron chi connectivity index (χ2n) is 16.4. The minimum atomic E-state index is -1.06. The molecule has 48 heavy (non-hydrogen) atoms. The number of esters is 1. The minimum Gasteiger partial charge on any atom is -0.462 e. The lowest BCUT2D eigenvalue weighted by Gasteiger charge is -2.45. The van der Waals surface area contributed by atoms with E-state index in [4.69, 9.17) is 18.9 Å². The van der Waals surface area contributed by atoms with E-state index in [2.05, 4.69) is 18.7 Å². The van der Waals surface area contributed by atoms with Crippen molar-refractivity contribution in [3.8, 4) is 0 Å². The summed E-state index contributed by atoms with van der Waals surface area (Å²) < 4.78 is 25.1. The van der Waals surface area contributed by atoms with Gasteiger partial charge in [0.25, 0.3) is 0 Å². The van der Waals surface area contributed by atoms with E-state index < -0.39 is 42.1 Å². The molecule has 0 aliphatic carbocycles. The molecule has 4 aliphatic heterocycles. The average Bonchev–Trinajstić information content (AvgIpc) is 3.70. The Hall–Kier alpha value is -1.40. The van der Waals surface area contributed by atoms with E-state index in [1.165, 1.54) is 6.42 Å². The van der Waals surface area contributed by atoms with Gasteiger partial charge in [0, 0.05) is 36.9 Å². The lowest BCUT2D eigenvalue weighted by molar-refractivity contribution is -0.283. The average molecular weight is 679 g/mol. The second-order valence-corrected chi connectivity index (χ2v) is 16.4. The molecule has 0 aromatic rings. The first-order valence-electron chi connectivity index (χ1n) is 18.7. The molecule has 4 heterocycles. The van der Waals surface area contributed by atoms with Crippen LogP contribution >= 0.6 is 0 Å². The number of ether oxygens (including phenoxy) is 4. The van der Waals surface area contributed by atoms with Gasteiger partial charge in [0.2, 0.25) is 0 Å². The number of epoxide rings is 1. The number of allylic oxidation sites excluding steroid dienone is 1. The number of aliphatic hydroxyl groups is 2. The molecule has 0 aromatic heterocycles. The maximum atomic E-state index is 13.7. The standard InChI is InChI=1S/C38H66N2O8/c1-11-32-27(7)36-38(8,48-36)14-12-30(41)24(4)17-28(13-15-40-20-22(2)16-23(3)21-40)35(26(6)31(42)19-33(43)46-32)47-37-34(44)29(39(9)10)18-25(5)45-37/h12,14,22-29,31-32,34-37,42,44H,11,13,15-21H2,1-10H3/b14-12+/t22?,23?,24-,25-,26+,27-,28+,29+,31?,32-,34-,35-,36+,37+,38+/m1/s1. The number of carbonyl (C=O) groups is 2. The summed E-state index contributed by atoms with van der Waals surface area (Å²) in [6.07, 6.45) is 2.93. The number of ketones is 1. The quantitative estimate of drug-likeness (QED) is 0.295. The van der Waals surface area contributed by atoms with Gasteiger partial charge < -0.3 is 39.0 Å². The molecule has 0 bridgehead atoms. The molecule has 0 aromatic carbocycles. The van der Waals surface area contributed by atoms with Gasteiger partial charge in [-0.3, -0.25) is 9.59 Å². The minimum absolute atomic E-state index is 0.0242. The normalized spacial score (nSPS) is 46.2. The van der Waals surface area contributed by atoms with Crippen molar-refractivity contribution in [2.24, 2.45) is 35.5 Å². The van der Waals surface area contributed by atoms with Crippen LogP contribution in [0.25, 0.3) is 0 Å². The van der Waals surface area contributed by atoms with E-state index in [9.17, 15) is 19.8 Å². The number of hydrogen-bond acceptors (Lipinski definition) is 10. The Labute approximate surface area is 289 Å². The van der Waals surface area contributed by atoms with Crippen LogP contribution in [0.15, 0.2) is 12.2 Å². The number of piperidine rings is 1. The lowest BCUT2D eigenvalue weighted by Crippen LogP contribution is -2.56. The maximum absolute atomic E-state index is 13.7. The van der Waals surface area contributed by atoms with Gasteiger partial charge in [-0.25, -0.2) is 0 Å². The molecule has 10 nitrogen and oxygen atoms in total. The highest BCUT2D eigenvalue weighted by Gasteiger charge is 2.55. The molecule has 276 valence electrons. The Morgan fingerprint density at radius 2 is 1.67 bits per heavy atom. The van der Waals surface area contributed by atoms with E-state index >= 15 is 0 Å². The van der Waals surface area contributed by atoms with E-state index in [-0.39, 0.29) is 54.3 Å². The predicted octanol–water partition coefficient (Wildman–Crippen LogP) is 4.45. The van der Waals surface area contributed by atoms with Crippen LogP contribution in [0.4, 0.5) is 0 Å². The molecule has 4 rings (SSSR count). The van der Waals surface area contributed by atoms with Crippen molar-refractivity contribution in [1.82, 2.24) is 9.80 Å². The Bertz CT molecular complexity index is 1090. The van der Waals surface area contributed by atoms with Crippen LogP contribution in [-0.2, 0) is 28.5 Å². The molecule has 3 saturated heterocycles. The fourth-order valence-corrected chi connectivity index (χ4v) is 8.75. The van der Waals surface area contributed by atoms with Gasteiger partial charge in [0.05, 0.1) is 30.8 Å². The van der Waals surface area contributed by atoms with Gasteiger partial charge in [-0.1, -0.05) is 41.5 Å². The largest absolute Gasteiger partial charge is 0.462 e. The smallest absolute Gasteiger partial charge is 0.308 e. The van der Waals surface area contributed by atoms with Crippen LogP contribution in [0.1, 0.15) is 93.9 Å². The zero-order chi connectivity index (χ0) is 35.5. The van der Waals surface area contributed by atoms with Crippen molar-refractivity contribution in [3.05, 3.63) is 12.2 Å². The molecule has 10 heteroatoms. The SMILES string of the molecule is CC[C@H]1OC(=O)CC(O)[C@H](C)[C@@H](O[C@@H]2O[C@H](C)C[C@H](N(C)C)[C@H]2O)[C@@H](CCN2CC(C)CC(C)C2)C[C@@H](C)C(=O)/C=C/[C@]2(C)O[C@H]2[C@@H]1C. The first kappa shape index (κ1) is 39.4. The third-order valence-electron chi connectivity index (χ3n) is 11.7. The number of rotatable bonds is 7. The summed E-state index contributed by atoms with van der Waals surface area (Å²) in [6.45, 7) is 19.3. The van der Waals surface area contributed by atoms with Gasteiger partial charge in [0.1, 0.15) is 17.8 Å². The predicted molar refractivity (Wildman–Crippen MR) is 185 cm³/mol. The van der Waals surface area contributed by atoms with Gasteiger partial charge in [-0.05, 0) is 96.5 Å². The summed E-state index contributed by atoms with van der Waals surface area (Å²) in [5.74, 6) is -0.282. The van der Waals surface area contributed by atoms with Crippen molar-refractivity contribution in [2.75, 3.05) is 33.7 Å². The third-order valence-corrected chi connectivity index (χ3v) is 11.7. The number of fused-ring (bicyclic) bond motifs is 1. The number of cyclic esters (lactones) is 1. The van der Waals surface area contributed by atoms with Crippen LogP contribution in [-0.4, -0.2) is 120 Å². The third kappa shape index (κ3) is 9.89. The topological polar surface area (TPSA) is 121 Å². The summed E-state index contributed by atoms with van der Waals surface area (Å²) in [5.41, 5.74) is -0.597. The van der Waals surface area contributed by atoms with Crippen molar-refractivity contribution in [2.45, 2.75) is 148 Å². The van der Waals surface area contributed by atoms with Crippen molar-refractivity contribution in [1.29, 1.82) is 0 Å². The summed E-state index contributed by atoms with van der Waals surface area (Å²) in [4.78, 5) is 31.5. The molecular weight excluding hydrogens is 612 g/mol. The fraction of sp³-hybridized carbons (Fsp3) is 0.895. The van der Waals surface area contributed by atoms with Gasteiger partial charge in [-0.2, -0.15) is 0 Å². The molecule has 2 N–H and O–H groups in total. The molecular formula is C38H66N2O8. The van der Waals surface area contributed by atoms with Gasteiger partial charge in [0.15, 0.2) is 12.1 Å². The summed E-state index contributed by atoms with van der Waals surface area (Å²) >= 11 is 0. The van der Waals surface area contributed by atoms with Gasteiger partial charge in [-0.15, -0.1) is 0 Å². The second kappa shape index (κ2) is 16.7. The maximum Gasteiger partial charge on any atom is 0.308 e. The first-order valence-corrected chi connectivity index (χ1v) is 18.7. The molecule has 4 aliphatic rings. The Morgan fingerprint density at radius 1 is 1.00 bits per heavy atom. The molecule has 3 unspecified atom stereocenters. The zero-order valence-electron chi connectivity index (χ0n) is 31.3. The van der Waals surface area contributed by atoms with Crippen LogP contribution in [0.3, 0.4) is 0 Å². The Balaban J connectivity index is 1.68. The van der Waals surface area contributed by atoms with Gasteiger partial charge >= 0.3 is 5.97 Å². The molecule has 0 radical (unpaired) electrons. The summed E-state index contributed by atoms with van der Waals surface area (Å²) in [6, 6.07) is -0.164. The molecule has 3 fully saturated rings. The van der Waals surface area contributed by atoms with Crippen LogP contribution in [0.5, 0.6) is 0 Å². The summed E-state index contributed by atoms with van der Waals surface area (Å²) in [5, 5.41) is 23.1. The highest BCUT2D eigenvalue weighted by atomic mass is 16.7. The van der Waals surface area contributed by atoms with E-state index in [0.29, 0.717) is 31.1 Å². The number of likely N-dealkylation sites (tertiary alicyclic amines) is 1. The van der Waals surface area contributed by atoms with E-state index in [1.807, 2.05) is 66.6 Å². The number of likely N-dealkylation sites (N-methyl/N-ethyl adjacent to an activating group) is 1. The van der Waals surface area contributed by atoms with Crippen molar-refractivity contribution < 1.29 is 38.7 Å². The zero-order valence-corrected chi connectivity index (χ0v) is 31.3. The monoisotopic (exact) mass is 678 g/mol. The molecule has 0 amide bonds. The number of carbonyl (C=O) groups excluding carboxylic acids is 2. The van der Waals surface area contributed by atoms with Crippen LogP contribution in [0.2, 0.25) is 0 Å². The number of nitrogens with zero attached hydrogens (tertiary/aromatic N) is 2. The number of aliphatic hydroxyl groups excluding tert-OH is 2. The highest BCUT2D eigenvalue weighted by Crippen LogP contribution is 2.45. The fourth-order valence-electron chi connectivity index (χ4n) is 8.75. The van der Waals surface area contributed by atoms with Crippen LogP contribution < -0.4 is 0 Å². The molecule has 0 saturated carbocycles. The van der Waals surface area contributed by atoms with Crippen molar-refractivity contribution in [3.63, 3.8) is 0 Å². The Morgan fingerprint density at radius 3 is 2.29 bits per heavy atom.